The molecule has 1 amide bonds. The van der Waals surface area contributed by atoms with E-state index in [1.165, 1.54) is 11.3 Å². The third kappa shape index (κ3) is 4.53. The van der Waals surface area contributed by atoms with E-state index in [1.807, 2.05) is 49.4 Å². The molecule has 32 heavy (non-hydrogen) atoms. The summed E-state index contributed by atoms with van der Waals surface area (Å²) in [6, 6.07) is 15.0. The average molecular weight is 447 g/mol. The molecule has 0 unspecified atom stereocenters. The lowest BCUT2D eigenvalue weighted by Crippen LogP contribution is -2.36. The van der Waals surface area contributed by atoms with E-state index in [2.05, 4.69) is 30.5 Å². The molecule has 1 saturated heterocycles. The van der Waals surface area contributed by atoms with Crippen LogP contribution in [0.15, 0.2) is 54.0 Å². The van der Waals surface area contributed by atoms with Crippen LogP contribution < -0.4 is 15.5 Å². The molecule has 1 fully saturated rings. The van der Waals surface area contributed by atoms with Gasteiger partial charge in [0, 0.05) is 41.8 Å². The lowest BCUT2D eigenvalue weighted by atomic mass is 10.2. The molecule has 2 N–H and O–H groups in total. The first-order valence-corrected chi connectivity index (χ1v) is 11.2. The lowest BCUT2D eigenvalue weighted by Gasteiger charge is -2.28. The molecule has 3 heterocycles. The molecule has 0 radical (unpaired) electrons. The highest BCUT2D eigenvalue weighted by Crippen LogP contribution is 2.22. The number of carbonyl (C=O) groups excluding carboxylic acids is 1. The van der Waals surface area contributed by atoms with Gasteiger partial charge < -0.3 is 20.3 Å². The number of anilines is 4. The van der Waals surface area contributed by atoms with Crippen molar-refractivity contribution in [3.8, 4) is 0 Å². The molecular weight excluding hydrogens is 424 g/mol. The number of benzene rings is 2. The van der Waals surface area contributed by atoms with E-state index in [4.69, 9.17) is 4.74 Å². The second-order valence-corrected chi connectivity index (χ2v) is 8.37. The first-order valence-electron chi connectivity index (χ1n) is 10.3. The standard InChI is InChI=1S/C23H22N6O2S/c1-15-12-21(29-8-10-31-11-9-29)28-23(25-15)27-18-5-3-17(4-6-18)26-22(30)16-2-7-19-20(13-16)32-14-24-19/h2-7,12-14H,8-11H2,1H3,(H,26,30)(H,25,27,28). The van der Waals surface area contributed by atoms with Gasteiger partial charge in [-0.3, -0.25) is 4.79 Å². The molecule has 4 aromatic rings. The number of thiazole rings is 1. The zero-order valence-corrected chi connectivity index (χ0v) is 18.4. The number of aryl methyl sites for hydroxylation is 1. The number of ether oxygens (including phenoxy) is 1. The van der Waals surface area contributed by atoms with Gasteiger partial charge in [0.1, 0.15) is 5.82 Å². The van der Waals surface area contributed by atoms with Crippen LogP contribution in [0.5, 0.6) is 0 Å². The van der Waals surface area contributed by atoms with E-state index in [9.17, 15) is 4.79 Å². The van der Waals surface area contributed by atoms with Crippen LogP contribution in [0, 0.1) is 6.92 Å². The van der Waals surface area contributed by atoms with Crippen LogP contribution >= 0.6 is 11.3 Å². The van der Waals surface area contributed by atoms with E-state index < -0.39 is 0 Å². The Balaban J connectivity index is 1.26. The molecule has 0 aliphatic carbocycles. The number of morpholine rings is 1. The first-order chi connectivity index (χ1) is 15.6. The van der Waals surface area contributed by atoms with Crippen molar-refractivity contribution in [2.24, 2.45) is 0 Å². The van der Waals surface area contributed by atoms with Gasteiger partial charge in [-0.15, -0.1) is 11.3 Å². The number of amides is 1. The van der Waals surface area contributed by atoms with Crippen LogP contribution in [-0.2, 0) is 4.74 Å². The van der Waals surface area contributed by atoms with Gasteiger partial charge in [0.2, 0.25) is 5.95 Å². The van der Waals surface area contributed by atoms with Gasteiger partial charge >= 0.3 is 0 Å². The van der Waals surface area contributed by atoms with Gasteiger partial charge in [-0.25, -0.2) is 9.97 Å². The minimum atomic E-state index is -0.154. The zero-order valence-electron chi connectivity index (χ0n) is 17.5. The SMILES string of the molecule is Cc1cc(N2CCOCC2)nc(Nc2ccc(NC(=O)c3ccc4ncsc4c3)cc2)n1. The van der Waals surface area contributed by atoms with Gasteiger partial charge in [-0.05, 0) is 49.4 Å². The molecule has 162 valence electrons. The Hall–Kier alpha value is -3.56. The number of nitrogens with one attached hydrogen (secondary N) is 2. The number of carbonyl (C=O) groups is 1. The second kappa shape index (κ2) is 8.89. The second-order valence-electron chi connectivity index (χ2n) is 7.48. The topological polar surface area (TPSA) is 92.3 Å². The van der Waals surface area contributed by atoms with Crippen LogP contribution in [0.25, 0.3) is 10.2 Å². The maximum atomic E-state index is 12.6. The van der Waals surface area contributed by atoms with E-state index in [-0.39, 0.29) is 5.91 Å². The Kier molecular flexibility index (Phi) is 5.66. The molecule has 9 heteroatoms. The molecule has 0 saturated carbocycles. The van der Waals surface area contributed by atoms with Crippen molar-refractivity contribution in [2.45, 2.75) is 6.92 Å². The molecule has 1 aliphatic heterocycles. The fraction of sp³-hybridized carbons (Fsp3) is 0.217. The number of aromatic nitrogens is 3. The maximum absolute atomic E-state index is 12.6. The number of hydrogen-bond donors (Lipinski definition) is 2. The van der Waals surface area contributed by atoms with Gasteiger partial charge in [-0.2, -0.15) is 4.98 Å². The van der Waals surface area contributed by atoms with Crippen LogP contribution in [0.1, 0.15) is 16.1 Å². The Morgan fingerprint density at radius 2 is 1.81 bits per heavy atom. The summed E-state index contributed by atoms with van der Waals surface area (Å²) in [5, 5.41) is 6.19. The van der Waals surface area contributed by atoms with Gasteiger partial charge in [0.25, 0.3) is 5.91 Å². The molecule has 0 spiro atoms. The summed E-state index contributed by atoms with van der Waals surface area (Å²) in [4.78, 5) is 28.2. The van der Waals surface area contributed by atoms with Crippen LogP contribution in [0.4, 0.5) is 23.1 Å². The molecule has 0 bridgehead atoms. The number of rotatable bonds is 5. The molecule has 1 aliphatic rings. The fourth-order valence-electron chi connectivity index (χ4n) is 3.53. The number of hydrogen-bond acceptors (Lipinski definition) is 8. The van der Waals surface area contributed by atoms with Crippen molar-refractivity contribution < 1.29 is 9.53 Å². The van der Waals surface area contributed by atoms with E-state index >= 15 is 0 Å². The monoisotopic (exact) mass is 446 g/mol. The van der Waals surface area contributed by atoms with Crippen LogP contribution in [0.2, 0.25) is 0 Å². The Morgan fingerprint density at radius 1 is 1.03 bits per heavy atom. The molecule has 2 aromatic carbocycles. The number of fused-ring (bicyclic) bond motifs is 1. The quantitative estimate of drug-likeness (QED) is 0.474. The lowest BCUT2D eigenvalue weighted by molar-refractivity contribution is 0.102. The van der Waals surface area contributed by atoms with Crippen LogP contribution in [-0.4, -0.2) is 47.2 Å². The summed E-state index contributed by atoms with van der Waals surface area (Å²) in [6.07, 6.45) is 0. The summed E-state index contributed by atoms with van der Waals surface area (Å²) >= 11 is 1.52. The van der Waals surface area contributed by atoms with E-state index in [0.29, 0.717) is 30.4 Å². The highest BCUT2D eigenvalue weighted by molar-refractivity contribution is 7.16. The van der Waals surface area contributed by atoms with Crippen molar-refractivity contribution in [1.29, 1.82) is 0 Å². The van der Waals surface area contributed by atoms with Crippen molar-refractivity contribution in [1.82, 2.24) is 15.0 Å². The molecule has 2 aromatic heterocycles. The number of nitrogens with zero attached hydrogens (tertiary/aromatic N) is 4. The molecule has 5 rings (SSSR count). The van der Waals surface area contributed by atoms with E-state index in [0.717, 1.165) is 40.5 Å². The van der Waals surface area contributed by atoms with Crippen molar-refractivity contribution in [3.63, 3.8) is 0 Å². The Bertz CT molecular complexity index is 1250. The van der Waals surface area contributed by atoms with Gasteiger partial charge in [0.05, 0.1) is 28.9 Å². The summed E-state index contributed by atoms with van der Waals surface area (Å²) in [7, 11) is 0. The van der Waals surface area contributed by atoms with Crippen LogP contribution in [0.3, 0.4) is 0 Å². The highest BCUT2D eigenvalue weighted by atomic mass is 32.1. The summed E-state index contributed by atoms with van der Waals surface area (Å²) < 4.78 is 6.42. The minimum absolute atomic E-state index is 0.154. The van der Waals surface area contributed by atoms with Crippen molar-refractivity contribution in [2.75, 3.05) is 41.8 Å². The molecular formula is C23H22N6O2S. The van der Waals surface area contributed by atoms with Crippen molar-refractivity contribution >= 4 is 50.6 Å². The normalized spacial score (nSPS) is 13.8. The molecule has 8 nitrogen and oxygen atoms in total. The average Bonchev–Trinajstić information content (AvgIpc) is 3.28. The summed E-state index contributed by atoms with van der Waals surface area (Å²) in [5.41, 5.74) is 5.73. The molecule has 0 atom stereocenters. The first kappa shape index (κ1) is 20.3. The largest absolute Gasteiger partial charge is 0.378 e. The summed E-state index contributed by atoms with van der Waals surface area (Å²) in [6.45, 7) is 5.01. The van der Waals surface area contributed by atoms with E-state index in [1.54, 1.807) is 11.6 Å². The third-order valence-electron chi connectivity index (χ3n) is 5.17. The van der Waals surface area contributed by atoms with Gasteiger partial charge in [-0.1, -0.05) is 0 Å². The fourth-order valence-corrected chi connectivity index (χ4v) is 4.24. The minimum Gasteiger partial charge on any atom is -0.378 e. The van der Waals surface area contributed by atoms with Crippen molar-refractivity contribution in [3.05, 3.63) is 65.3 Å². The Morgan fingerprint density at radius 3 is 2.62 bits per heavy atom. The summed E-state index contributed by atoms with van der Waals surface area (Å²) in [5.74, 6) is 1.28. The predicted molar refractivity (Wildman–Crippen MR) is 127 cm³/mol. The maximum Gasteiger partial charge on any atom is 0.255 e. The zero-order chi connectivity index (χ0) is 21.9. The Labute approximate surface area is 189 Å². The highest BCUT2D eigenvalue weighted by Gasteiger charge is 2.14. The third-order valence-corrected chi connectivity index (χ3v) is 5.96. The van der Waals surface area contributed by atoms with Gasteiger partial charge in [0.15, 0.2) is 0 Å². The smallest absolute Gasteiger partial charge is 0.255 e. The predicted octanol–water partition coefficient (Wildman–Crippen LogP) is 4.23.